The molecule has 0 aliphatic carbocycles. The lowest BCUT2D eigenvalue weighted by Gasteiger charge is -2.12. The molecule has 0 spiro atoms. The van der Waals surface area contributed by atoms with E-state index in [1.54, 1.807) is 0 Å². The van der Waals surface area contributed by atoms with Crippen LogP contribution in [0.5, 0.6) is 0 Å². The molecule has 0 heterocycles. The molecule has 1 aromatic carbocycles. The van der Waals surface area contributed by atoms with Crippen molar-refractivity contribution in [1.29, 1.82) is 0 Å². The second-order valence-electron chi connectivity index (χ2n) is 3.57. The van der Waals surface area contributed by atoms with Gasteiger partial charge in [-0.05, 0) is 24.6 Å². The zero-order chi connectivity index (χ0) is 11.6. The number of carbonyl (C=O) groups excluding carboxylic acids is 1. The molecule has 0 bridgehead atoms. The maximum Gasteiger partial charge on any atom is 0.270 e. The lowest BCUT2D eigenvalue weighted by Crippen LogP contribution is -2.09. The zero-order valence-corrected chi connectivity index (χ0v) is 8.48. The molecule has 15 heavy (non-hydrogen) atoms. The average Bonchev–Trinajstić information content (AvgIpc) is 2.06. The largest absolute Gasteiger partial charge is 0.300 e. The average molecular weight is 216 g/mol. The smallest absolute Gasteiger partial charge is 0.270 e. The van der Waals surface area contributed by atoms with E-state index in [2.05, 4.69) is 0 Å². The highest BCUT2D eigenvalue weighted by Gasteiger charge is 2.25. The Morgan fingerprint density at radius 2 is 2.00 bits per heavy atom. The van der Waals surface area contributed by atoms with E-state index in [1.807, 2.05) is 0 Å². The van der Waals surface area contributed by atoms with E-state index < -0.39 is 11.7 Å². The van der Waals surface area contributed by atoms with Crippen molar-refractivity contribution in [3.05, 3.63) is 35.1 Å². The van der Waals surface area contributed by atoms with Crippen molar-refractivity contribution in [2.45, 2.75) is 26.2 Å². The van der Waals surface area contributed by atoms with Gasteiger partial charge >= 0.3 is 0 Å². The first kappa shape index (κ1) is 11.8. The van der Waals surface area contributed by atoms with Crippen LogP contribution in [-0.2, 0) is 17.1 Å². The summed E-state index contributed by atoms with van der Waals surface area (Å²) in [6, 6.07) is 3.03. The number of hydrogen-bond donors (Lipinski definition) is 0. The van der Waals surface area contributed by atoms with E-state index in [9.17, 15) is 18.0 Å². The maximum absolute atomic E-state index is 13.1. The Kier molecular flexibility index (Phi) is 3.17. The van der Waals surface area contributed by atoms with Crippen LogP contribution < -0.4 is 0 Å². The first-order chi connectivity index (χ1) is 6.80. The molecule has 0 saturated heterocycles. The Hall–Kier alpha value is -1.32. The summed E-state index contributed by atoms with van der Waals surface area (Å²) in [5.41, 5.74) is -0.262. The highest BCUT2D eigenvalue weighted by Crippen LogP contribution is 2.28. The third kappa shape index (κ3) is 3.08. The normalized spacial score (nSPS) is 11.5. The van der Waals surface area contributed by atoms with Gasteiger partial charge in [-0.25, -0.2) is 13.2 Å². The molecular weight excluding hydrogens is 205 g/mol. The quantitative estimate of drug-likeness (QED) is 0.758. The Bertz CT molecular complexity index is 380. The Labute approximate surface area is 85.9 Å². The van der Waals surface area contributed by atoms with E-state index in [4.69, 9.17) is 0 Å². The van der Waals surface area contributed by atoms with Crippen LogP contribution in [-0.4, -0.2) is 5.78 Å². The van der Waals surface area contributed by atoms with Crippen LogP contribution in [0.2, 0.25) is 0 Å². The second-order valence-corrected chi connectivity index (χ2v) is 3.57. The van der Waals surface area contributed by atoms with E-state index in [1.165, 1.54) is 6.92 Å². The fraction of sp³-hybridized carbons (Fsp3) is 0.364. The molecular formula is C11H11F3O. The van der Waals surface area contributed by atoms with Gasteiger partial charge in [0.05, 0.1) is 0 Å². The predicted molar refractivity (Wildman–Crippen MR) is 50.4 cm³/mol. The van der Waals surface area contributed by atoms with Crippen LogP contribution in [0, 0.1) is 5.82 Å². The van der Waals surface area contributed by atoms with Crippen LogP contribution >= 0.6 is 0 Å². The maximum atomic E-state index is 13.1. The standard InChI is InChI=1S/C11H11F3O/c1-7(15)5-8-6-9(11(2,13)14)3-4-10(8)12/h3-4,6H,5H2,1-2H3. The van der Waals surface area contributed by atoms with Crippen LogP contribution in [0.15, 0.2) is 18.2 Å². The topological polar surface area (TPSA) is 17.1 Å². The summed E-state index contributed by atoms with van der Waals surface area (Å²) in [6.45, 7) is 2.02. The van der Waals surface area contributed by atoms with Crippen molar-refractivity contribution < 1.29 is 18.0 Å². The number of hydrogen-bond acceptors (Lipinski definition) is 1. The molecule has 0 radical (unpaired) electrons. The Morgan fingerprint density at radius 1 is 1.40 bits per heavy atom. The van der Waals surface area contributed by atoms with E-state index in [0.29, 0.717) is 0 Å². The highest BCUT2D eigenvalue weighted by molar-refractivity contribution is 5.78. The third-order valence-electron chi connectivity index (χ3n) is 1.99. The second kappa shape index (κ2) is 4.04. The minimum Gasteiger partial charge on any atom is -0.300 e. The summed E-state index contributed by atoms with van der Waals surface area (Å²) in [5, 5.41) is 0. The fourth-order valence-corrected chi connectivity index (χ4v) is 1.25. The lowest BCUT2D eigenvalue weighted by molar-refractivity contribution is -0.116. The SMILES string of the molecule is CC(=O)Cc1cc(C(C)(F)F)ccc1F. The van der Waals surface area contributed by atoms with Gasteiger partial charge in [-0.3, -0.25) is 4.79 Å². The number of carbonyl (C=O) groups is 1. The van der Waals surface area contributed by atoms with Crippen LogP contribution in [0.4, 0.5) is 13.2 Å². The van der Waals surface area contributed by atoms with Gasteiger partial charge in [-0.15, -0.1) is 0 Å². The number of halogens is 3. The molecule has 0 aliphatic rings. The van der Waals surface area contributed by atoms with Crippen molar-refractivity contribution in [1.82, 2.24) is 0 Å². The van der Waals surface area contributed by atoms with Crippen LogP contribution in [0.3, 0.4) is 0 Å². The van der Waals surface area contributed by atoms with Gasteiger partial charge in [0.2, 0.25) is 0 Å². The zero-order valence-electron chi connectivity index (χ0n) is 8.48. The minimum atomic E-state index is -3.01. The number of ketones is 1. The molecule has 0 saturated carbocycles. The summed E-state index contributed by atoms with van der Waals surface area (Å²) in [5.74, 6) is -3.90. The monoisotopic (exact) mass is 216 g/mol. The highest BCUT2D eigenvalue weighted by atomic mass is 19.3. The molecule has 4 heteroatoms. The summed E-state index contributed by atoms with van der Waals surface area (Å²) in [7, 11) is 0. The van der Waals surface area contributed by atoms with E-state index in [0.717, 1.165) is 25.1 Å². The van der Waals surface area contributed by atoms with Gasteiger partial charge in [-0.1, -0.05) is 6.07 Å². The molecule has 1 nitrogen and oxygen atoms in total. The molecule has 1 rings (SSSR count). The fourth-order valence-electron chi connectivity index (χ4n) is 1.25. The lowest BCUT2D eigenvalue weighted by atomic mass is 10.0. The summed E-state index contributed by atoms with van der Waals surface area (Å²) in [6.07, 6.45) is -0.157. The molecule has 82 valence electrons. The van der Waals surface area contributed by atoms with Gasteiger partial charge in [0.25, 0.3) is 5.92 Å². The van der Waals surface area contributed by atoms with Crippen molar-refractivity contribution in [3.63, 3.8) is 0 Å². The van der Waals surface area contributed by atoms with Crippen molar-refractivity contribution >= 4 is 5.78 Å². The first-order valence-electron chi connectivity index (χ1n) is 4.47. The third-order valence-corrected chi connectivity index (χ3v) is 1.99. The van der Waals surface area contributed by atoms with E-state index in [-0.39, 0.29) is 23.3 Å². The summed E-state index contributed by atoms with van der Waals surface area (Å²) in [4.78, 5) is 10.8. The Morgan fingerprint density at radius 3 is 2.47 bits per heavy atom. The van der Waals surface area contributed by atoms with Gasteiger partial charge in [0.1, 0.15) is 11.6 Å². The van der Waals surface area contributed by atoms with Gasteiger partial charge in [0, 0.05) is 18.9 Å². The minimum absolute atomic E-state index is 0.0153. The molecule has 0 unspecified atom stereocenters. The molecule has 0 aromatic heterocycles. The van der Waals surface area contributed by atoms with Gasteiger partial charge in [-0.2, -0.15) is 0 Å². The number of rotatable bonds is 3. The number of benzene rings is 1. The summed E-state index contributed by atoms with van der Waals surface area (Å²) >= 11 is 0. The van der Waals surface area contributed by atoms with Crippen molar-refractivity contribution in [3.8, 4) is 0 Å². The molecule has 0 atom stereocenters. The molecule has 0 N–H and O–H groups in total. The molecule has 0 fully saturated rings. The van der Waals surface area contributed by atoms with Crippen molar-refractivity contribution in [2.75, 3.05) is 0 Å². The molecule has 0 amide bonds. The van der Waals surface area contributed by atoms with Crippen molar-refractivity contribution in [2.24, 2.45) is 0 Å². The van der Waals surface area contributed by atoms with E-state index >= 15 is 0 Å². The van der Waals surface area contributed by atoms with Crippen LogP contribution in [0.25, 0.3) is 0 Å². The molecule has 1 aromatic rings. The first-order valence-corrected chi connectivity index (χ1v) is 4.47. The van der Waals surface area contributed by atoms with Gasteiger partial charge < -0.3 is 0 Å². The number of alkyl halides is 2. The van der Waals surface area contributed by atoms with Crippen LogP contribution in [0.1, 0.15) is 25.0 Å². The number of Topliss-reactive ketones (excluding diaryl/α,β-unsaturated/α-hetero) is 1. The Balaban J connectivity index is 3.11. The molecule has 0 aliphatic heterocycles. The van der Waals surface area contributed by atoms with Gasteiger partial charge in [0.15, 0.2) is 0 Å². The predicted octanol–water partition coefficient (Wildman–Crippen LogP) is 3.07. The summed E-state index contributed by atoms with van der Waals surface area (Å²) < 4.78 is 38.9.